The molecular formula is C22H22F2N4. The van der Waals surface area contributed by atoms with Gasteiger partial charge >= 0.3 is 0 Å². The van der Waals surface area contributed by atoms with Gasteiger partial charge in [-0.15, -0.1) is 0 Å². The van der Waals surface area contributed by atoms with E-state index in [2.05, 4.69) is 20.2 Å². The first-order valence-corrected chi connectivity index (χ1v) is 9.48. The summed E-state index contributed by atoms with van der Waals surface area (Å²) in [7, 11) is 0. The highest BCUT2D eigenvalue weighted by atomic mass is 19.1. The van der Waals surface area contributed by atoms with Gasteiger partial charge in [0.2, 0.25) is 5.95 Å². The largest absolute Gasteiger partial charge is 0.378 e. The molecule has 0 bridgehead atoms. The summed E-state index contributed by atoms with van der Waals surface area (Å²) in [4.78, 5) is 10.9. The molecule has 0 spiro atoms. The van der Waals surface area contributed by atoms with Crippen LogP contribution in [0.4, 0.5) is 20.4 Å². The zero-order chi connectivity index (χ0) is 19.3. The molecule has 2 aromatic carbocycles. The van der Waals surface area contributed by atoms with Gasteiger partial charge in [0.1, 0.15) is 11.6 Å². The number of benzene rings is 2. The third-order valence-corrected chi connectivity index (χ3v) is 5.24. The molecule has 1 aromatic heterocycles. The predicted octanol–water partition coefficient (Wildman–Crippen LogP) is 4.82. The molecule has 1 aliphatic rings. The van der Waals surface area contributed by atoms with Gasteiger partial charge in [0.25, 0.3) is 0 Å². The SMILES string of the molecule is Fc1ccc(NC(c2ccc(F)cc2)C2CCN(c3ncccn3)CC2)cc1. The summed E-state index contributed by atoms with van der Waals surface area (Å²) >= 11 is 0. The highest BCUT2D eigenvalue weighted by Crippen LogP contribution is 2.34. The minimum atomic E-state index is -0.264. The van der Waals surface area contributed by atoms with E-state index in [1.807, 2.05) is 18.2 Å². The van der Waals surface area contributed by atoms with Gasteiger partial charge in [0.15, 0.2) is 0 Å². The van der Waals surface area contributed by atoms with E-state index in [-0.39, 0.29) is 17.7 Å². The lowest BCUT2D eigenvalue weighted by Crippen LogP contribution is -2.38. The van der Waals surface area contributed by atoms with E-state index in [0.29, 0.717) is 5.92 Å². The van der Waals surface area contributed by atoms with Crippen molar-refractivity contribution in [3.05, 3.63) is 84.2 Å². The van der Waals surface area contributed by atoms with Gasteiger partial charge in [0.05, 0.1) is 6.04 Å². The molecule has 1 saturated heterocycles. The minimum absolute atomic E-state index is 0.0184. The van der Waals surface area contributed by atoms with Crippen LogP contribution in [-0.2, 0) is 0 Å². The number of nitrogens with zero attached hydrogens (tertiary/aromatic N) is 3. The number of hydrogen-bond donors (Lipinski definition) is 1. The molecule has 4 nitrogen and oxygen atoms in total. The fourth-order valence-electron chi connectivity index (χ4n) is 3.76. The Balaban J connectivity index is 1.52. The van der Waals surface area contributed by atoms with E-state index in [4.69, 9.17) is 0 Å². The predicted molar refractivity (Wildman–Crippen MR) is 106 cm³/mol. The van der Waals surface area contributed by atoms with Gasteiger partial charge in [-0.05, 0) is 66.8 Å². The standard InChI is InChI=1S/C22H22F2N4/c23-18-4-2-16(3-5-18)21(27-20-8-6-19(24)7-9-20)17-10-14-28(15-11-17)22-25-12-1-13-26-22/h1-9,12-13,17,21,27H,10-11,14-15H2. The van der Waals surface area contributed by atoms with Crippen LogP contribution < -0.4 is 10.2 Å². The number of rotatable bonds is 5. The first kappa shape index (κ1) is 18.3. The van der Waals surface area contributed by atoms with E-state index in [9.17, 15) is 8.78 Å². The average Bonchev–Trinajstić information content (AvgIpc) is 2.75. The molecule has 3 aromatic rings. The summed E-state index contributed by atoms with van der Waals surface area (Å²) in [6, 6.07) is 14.8. The van der Waals surface area contributed by atoms with Crippen molar-refractivity contribution >= 4 is 11.6 Å². The van der Waals surface area contributed by atoms with E-state index in [1.165, 1.54) is 24.3 Å². The second-order valence-electron chi connectivity index (χ2n) is 7.05. The van der Waals surface area contributed by atoms with Gasteiger partial charge in [-0.25, -0.2) is 18.7 Å². The Labute approximate surface area is 163 Å². The summed E-state index contributed by atoms with van der Waals surface area (Å²) < 4.78 is 26.7. The molecule has 1 atom stereocenters. The van der Waals surface area contributed by atoms with Crippen LogP contribution >= 0.6 is 0 Å². The number of piperidine rings is 1. The van der Waals surface area contributed by atoms with Crippen LogP contribution in [0, 0.1) is 17.6 Å². The monoisotopic (exact) mass is 380 g/mol. The Bertz CT molecular complexity index is 877. The average molecular weight is 380 g/mol. The second kappa shape index (κ2) is 8.33. The third-order valence-electron chi connectivity index (χ3n) is 5.24. The van der Waals surface area contributed by atoms with Gasteiger partial charge in [-0.2, -0.15) is 0 Å². The number of nitrogens with one attached hydrogen (secondary N) is 1. The minimum Gasteiger partial charge on any atom is -0.378 e. The van der Waals surface area contributed by atoms with Crippen LogP contribution in [0.3, 0.4) is 0 Å². The van der Waals surface area contributed by atoms with E-state index < -0.39 is 0 Å². The molecule has 2 heterocycles. The third kappa shape index (κ3) is 4.27. The van der Waals surface area contributed by atoms with Gasteiger partial charge in [0, 0.05) is 31.2 Å². The Morgan fingerprint density at radius 3 is 2.04 bits per heavy atom. The molecule has 1 unspecified atom stereocenters. The van der Waals surface area contributed by atoms with Crippen LogP contribution in [0.2, 0.25) is 0 Å². The first-order chi connectivity index (χ1) is 13.7. The van der Waals surface area contributed by atoms with Crippen LogP contribution in [0.1, 0.15) is 24.4 Å². The number of aromatic nitrogens is 2. The van der Waals surface area contributed by atoms with Crippen molar-refractivity contribution < 1.29 is 8.78 Å². The first-order valence-electron chi connectivity index (χ1n) is 9.48. The van der Waals surface area contributed by atoms with Gasteiger partial charge < -0.3 is 10.2 Å². The molecule has 144 valence electrons. The summed E-state index contributed by atoms with van der Waals surface area (Å²) in [6.45, 7) is 1.72. The lowest BCUT2D eigenvalue weighted by atomic mass is 9.85. The summed E-state index contributed by atoms with van der Waals surface area (Å²) in [5.74, 6) is 0.599. The highest BCUT2D eigenvalue weighted by molar-refractivity contribution is 5.46. The van der Waals surface area contributed by atoms with Crippen LogP contribution in [0.25, 0.3) is 0 Å². The molecule has 1 aliphatic heterocycles. The molecule has 0 aliphatic carbocycles. The van der Waals surface area contributed by atoms with Crippen LogP contribution in [0.5, 0.6) is 0 Å². The topological polar surface area (TPSA) is 41.0 Å². The van der Waals surface area contributed by atoms with E-state index in [0.717, 1.165) is 43.1 Å². The van der Waals surface area contributed by atoms with Crippen molar-refractivity contribution in [3.8, 4) is 0 Å². The lowest BCUT2D eigenvalue weighted by molar-refractivity contribution is 0.358. The Morgan fingerprint density at radius 1 is 0.857 bits per heavy atom. The second-order valence-corrected chi connectivity index (χ2v) is 7.05. The number of anilines is 2. The molecule has 4 rings (SSSR count). The molecule has 1 fully saturated rings. The highest BCUT2D eigenvalue weighted by Gasteiger charge is 2.28. The maximum Gasteiger partial charge on any atom is 0.225 e. The van der Waals surface area contributed by atoms with E-state index >= 15 is 0 Å². The molecular weight excluding hydrogens is 358 g/mol. The molecule has 1 N–H and O–H groups in total. The summed E-state index contributed by atoms with van der Waals surface area (Å²) in [5.41, 5.74) is 1.88. The Hall–Kier alpha value is -3.02. The molecule has 0 saturated carbocycles. The molecule has 0 radical (unpaired) electrons. The molecule has 6 heteroatoms. The zero-order valence-corrected chi connectivity index (χ0v) is 15.4. The quantitative estimate of drug-likeness (QED) is 0.689. The van der Waals surface area contributed by atoms with Crippen molar-refractivity contribution in [2.75, 3.05) is 23.3 Å². The van der Waals surface area contributed by atoms with Crippen molar-refractivity contribution in [1.29, 1.82) is 0 Å². The Morgan fingerprint density at radius 2 is 1.43 bits per heavy atom. The normalized spacial score (nSPS) is 16.0. The molecule has 0 amide bonds. The maximum absolute atomic E-state index is 13.4. The van der Waals surface area contributed by atoms with Crippen LogP contribution in [-0.4, -0.2) is 23.1 Å². The summed E-state index contributed by atoms with van der Waals surface area (Å²) in [6.07, 6.45) is 5.42. The fourth-order valence-corrected chi connectivity index (χ4v) is 3.76. The Kier molecular flexibility index (Phi) is 5.46. The maximum atomic E-state index is 13.4. The molecule has 28 heavy (non-hydrogen) atoms. The zero-order valence-electron chi connectivity index (χ0n) is 15.4. The number of hydrogen-bond acceptors (Lipinski definition) is 4. The van der Waals surface area contributed by atoms with Gasteiger partial charge in [-0.3, -0.25) is 0 Å². The summed E-state index contributed by atoms with van der Waals surface area (Å²) in [5, 5.41) is 3.53. The fraction of sp³-hybridized carbons (Fsp3) is 0.273. The van der Waals surface area contributed by atoms with Crippen LogP contribution in [0.15, 0.2) is 67.0 Å². The van der Waals surface area contributed by atoms with Crippen molar-refractivity contribution in [3.63, 3.8) is 0 Å². The van der Waals surface area contributed by atoms with E-state index in [1.54, 1.807) is 24.5 Å². The lowest BCUT2D eigenvalue weighted by Gasteiger charge is -2.37. The van der Waals surface area contributed by atoms with Gasteiger partial charge in [-0.1, -0.05) is 12.1 Å². The smallest absolute Gasteiger partial charge is 0.225 e. The number of halogens is 2. The van der Waals surface area contributed by atoms with Crippen molar-refractivity contribution in [2.24, 2.45) is 5.92 Å². The van der Waals surface area contributed by atoms with Crippen molar-refractivity contribution in [2.45, 2.75) is 18.9 Å². The van der Waals surface area contributed by atoms with Crippen molar-refractivity contribution in [1.82, 2.24) is 9.97 Å².